The van der Waals surface area contributed by atoms with Crippen molar-refractivity contribution in [2.45, 2.75) is 38.5 Å². The zero-order chi connectivity index (χ0) is 12.4. The molecular formula is C14H23N3O. The average molecular weight is 249 g/mol. The summed E-state index contributed by atoms with van der Waals surface area (Å²) in [6.07, 6.45) is 8.44. The number of piperidine rings is 1. The molecule has 2 atom stereocenters. The van der Waals surface area contributed by atoms with Crippen molar-refractivity contribution >= 4 is 0 Å². The highest BCUT2D eigenvalue weighted by Gasteiger charge is 2.26. The van der Waals surface area contributed by atoms with E-state index in [9.17, 15) is 0 Å². The molecule has 4 heteroatoms. The van der Waals surface area contributed by atoms with Crippen LogP contribution in [-0.4, -0.2) is 43.4 Å². The van der Waals surface area contributed by atoms with Gasteiger partial charge in [-0.2, -0.15) is 0 Å². The lowest BCUT2D eigenvalue weighted by molar-refractivity contribution is 0.0580. The molecular weight excluding hydrogens is 226 g/mol. The summed E-state index contributed by atoms with van der Waals surface area (Å²) in [7, 11) is 0. The van der Waals surface area contributed by atoms with Gasteiger partial charge in [0.15, 0.2) is 6.23 Å². The van der Waals surface area contributed by atoms with Crippen molar-refractivity contribution < 1.29 is 4.74 Å². The molecule has 0 aliphatic carbocycles. The van der Waals surface area contributed by atoms with Crippen LogP contribution in [0.15, 0.2) is 23.5 Å². The number of hydrogen-bond acceptors (Lipinski definition) is 4. The Morgan fingerprint density at radius 1 is 1.33 bits per heavy atom. The topological polar surface area (TPSA) is 36.5 Å². The monoisotopic (exact) mass is 249 g/mol. The van der Waals surface area contributed by atoms with E-state index in [2.05, 4.69) is 34.6 Å². The molecule has 3 heterocycles. The van der Waals surface area contributed by atoms with Crippen molar-refractivity contribution in [1.29, 1.82) is 0 Å². The zero-order valence-corrected chi connectivity index (χ0v) is 11.1. The predicted octanol–water partition coefficient (Wildman–Crippen LogP) is 1.18. The van der Waals surface area contributed by atoms with E-state index in [1.54, 1.807) is 0 Å². The van der Waals surface area contributed by atoms with Crippen LogP contribution < -0.4 is 10.6 Å². The van der Waals surface area contributed by atoms with E-state index < -0.39 is 0 Å². The number of dihydropyridines is 1. The molecule has 0 saturated carbocycles. The van der Waals surface area contributed by atoms with Gasteiger partial charge in [0.25, 0.3) is 0 Å². The van der Waals surface area contributed by atoms with E-state index in [0.29, 0.717) is 6.04 Å². The molecule has 4 nitrogen and oxygen atoms in total. The highest BCUT2D eigenvalue weighted by molar-refractivity contribution is 5.27. The summed E-state index contributed by atoms with van der Waals surface area (Å²) in [5.74, 6) is 1.23. The SMILES string of the molecule is CC1CCCCN1C1=CC=C2CNCCOC2N1. The van der Waals surface area contributed by atoms with Gasteiger partial charge in [-0.05, 0) is 37.8 Å². The fourth-order valence-corrected chi connectivity index (χ4v) is 2.97. The highest BCUT2D eigenvalue weighted by atomic mass is 16.5. The van der Waals surface area contributed by atoms with Gasteiger partial charge in [-0.1, -0.05) is 6.08 Å². The van der Waals surface area contributed by atoms with Gasteiger partial charge in [-0.15, -0.1) is 0 Å². The van der Waals surface area contributed by atoms with Crippen LogP contribution in [0.4, 0.5) is 0 Å². The average Bonchev–Trinajstić information content (AvgIpc) is 2.63. The summed E-state index contributed by atoms with van der Waals surface area (Å²) in [5.41, 5.74) is 1.31. The van der Waals surface area contributed by atoms with E-state index in [4.69, 9.17) is 4.74 Å². The van der Waals surface area contributed by atoms with Gasteiger partial charge < -0.3 is 20.3 Å². The maximum atomic E-state index is 5.85. The standard InChI is InChI=1S/C14H23N3O/c1-11-4-2-3-8-17(11)13-6-5-12-10-15-7-9-18-14(12)16-13/h5-6,11,14-16H,2-4,7-10H2,1H3. The van der Waals surface area contributed by atoms with Crippen LogP contribution in [0.25, 0.3) is 0 Å². The second-order valence-corrected chi connectivity index (χ2v) is 5.40. The first-order valence-corrected chi connectivity index (χ1v) is 7.11. The van der Waals surface area contributed by atoms with Gasteiger partial charge in [0.2, 0.25) is 0 Å². The summed E-state index contributed by atoms with van der Waals surface area (Å²) < 4.78 is 5.85. The first kappa shape index (κ1) is 12.1. The van der Waals surface area contributed by atoms with Crippen LogP contribution in [0.2, 0.25) is 0 Å². The zero-order valence-electron chi connectivity index (χ0n) is 11.1. The molecule has 0 aromatic heterocycles. The first-order chi connectivity index (χ1) is 8.84. The van der Waals surface area contributed by atoms with Crippen LogP contribution >= 0.6 is 0 Å². The van der Waals surface area contributed by atoms with Gasteiger partial charge in [0, 0.05) is 25.7 Å². The number of hydrogen-bond donors (Lipinski definition) is 2. The normalized spacial score (nSPS) is 32.8. The molecule has 2 N–H and O–H groups in total. The van der Waals surface area contributed by atoms with Gasteiger partial charge in [0.1, 0.15) is 5.82 Å². The molecule has 0 bridgehead atoms. The first-order valence-electron chi connectivity index (χ1n) is 7.11. The lowest BCUT2D eigenvalue weighted by Gasteiger charge is -2.40. The third-order valence-electron chi connectivity index (χ3n) is 4.08. The Hall–Kier alpha value is -1.00. The van der Waals surface area contributed by atoms with Crippen molar-refractivity contribution in [3.63, 3.8) is 0 Å². The van der Waals surface area contributed by atoms with Crippen molar-refractivity contribution in [1.82, 2.24) is 15.5 Å². The molecule has 2 unspecified atom stereocenters. The molecule has 100 valence electrons. The van der Waals surface area contributed by atoms with Crippen molar-refractivity contribution in [2.24, 2.45) is 0 Å². The predicted molar refractivity (Wildman–Crippen MR) is 71.9 cm³/mol. The van der Waals surface area contributed by atoms with Gasteiger partial charge >= 0.3 is 0 Å². The molecule has 18 heavy (non-hydrogen) atoms. The number of nitrogens with zero attached hydrogens (tertiary/aromatic N) is 1. The van der Waals surface area contributed by atoms with E-state index in [1.165, 1.54) is 30.7 Å². The van der Waals surface area contributed by atoms with Crippen LogP contribution in [0, 0.1) is 0 Å². The summed E-state index contributed by atoms with van der Waals surface area (Å²) in [4.78, 5) is 2.48. The minimum absolute atomic E-state index is 0.0640. The minimum atomic E-state index is 0.0640. The number of fused-ring (bicyclic) bond motifs is 1. The third-order valence-corrected chi connectivity index (χ3v) is 4.08. The summed E-state index contributed by atoms with van der Waals surface area (Å²) in [5, 5.41) is 6.93. The fourth-order valence-electron chi connectivity index (χ4n) is 2.97. The smallest absolute Gasteiger partial charge is 0.152 e. The minimum Gasteiger partial charge on any atom is -0.356 e. The summed E-state index contributed by atoms with van der Waals surface area (Å²) in [6, 6.07) is 0.636. The Kier molecular flexibility index (Phi) is 3.57. The van der Waals surface area contributed by atoms with E-state index >= 15 is 0 Å². The Balaban J connectivity index is 1.74. The number of rotatable bonds is 1. The Morgan fingerprint density at radius 2 is 2.28 bits per heavy atom. The number of ether oxygens (including phenoxy) is 1. The highest BCUT2D eigenvalue weighted by Crippen LogP contribution is 2.23. The molecule has 3 aliphatic rings. The lowest BCUT2D eigenvalue weighted by Crippen LogP contribution is -2.47. The van der Waals surface area contributed by atoms with Crippen molar-refractivity contribution in [3.8, 4) is 0 Å². The Bertz CT molecular complexity index is 364. The summed E-state index contributed by atoms with van der Waals surface area (Å²) in [6.45, 7) is 6.12. The second kappa shape index (κ2) is 5.33. The van der Waals surface area contributed by atoms with Gasteiger partial charge in [-0.25, -0.2) is 0 Å². The maximum Gasteiger partial charge on any atom is 0.152 e. The van der Waals surface area contributed by atoms with Gasteiger partial charge in [-0.3, -0.25) is 0 Å². The fraction of sp³-hybridized carbons (Fsp3) is 0.714. The molecule has 3 rings (SSSR count). The molecule has 0 aromatic rings. The Labute approximate surface area is 109 Å². The van der Waals surface area contributed by atoms with E-state index in [-0.39, 0.29) is 6.23 Å². The lowest BCUT2D eigenvalue weighted by atomic mass is 10.0. The van der Waals surface area contributed by atoms with E-state index in [0.717, 1.165) is 26.2 Å². The molecule has 0 amide bonds. The van der Waals surface area contributed by atoms with Crippen molar-refractivity contribution in [2.75, 3.05) is 26.2 Å². The number of likely N-dealkylation sites (tertiary alicyclic amines) is 1. The molecule has 2 fully saturated rings. The third kappa shape index (κ3) is 2.40. The number of nitrogens with one attached hydrogen (secondary N) is 2. The van der Waals surface area contributed by atoms with Crippen LogP contribution in [0.3, 0.4) is 0 Å². The number of allylic oxidation sites excluding steroid dienone is 2. The quantitative estimate of drug-likeness (QED) is 0.731. The van der Waals surface area contributed by atoms with Gasteiger partial charge in [0.05, 0.1) is 6.61 Å². The van der Waals surface area contributed by atoms with Crippen LogP contribution in [0.1, 0.15) is 26.2 Å². The van der Waals surface area contributed by atoms with E-state index in [1.807, 2.05) is 0 Å². The second-order valence-electron chi connectivity index (χ2n) is 5.40. The van der Waals surface area contributed by atoms with Crippen LogP contribution in [0.5, 0.6) is 0 Å². The summed E-state index contributed by atoms with van der Waals surface area (Å²) >= 11 is 0. The molecule has 3 aliphatic heterocycles. The van der Waals surface area contributed by atoms with Crippen LogP contribution in [-0.2, 0) is 4.74 Å². The Morgan fingerprint density at radius 3 is 3.17 bits per heavy atom. The molecule has 0 radical (unpaired) electrons. The molecule has 2 saturated heterocycles. The molecule has 0 aromatic carbocycles. The largest absolute Gasteiger partial charge is 0.356 e. The van der Waals surface area contributed by atoms with Crippen molar-refractivity contribution in [3.05, 3.63) is 23.5 Å². The maximum absolute atomic E-state index is 5.85. The molecule has 0 spiro atoms.